The largest absolute Gasteiger partial charge is 0.307 e. The van der Waals surface area contributed by atoms with Gasteiger partial charge in [0.2, 0.25) is 0 Å². The minimum absolute atomic E-state index is 0.685. The number of rotatable bonds is 1. The van der Waals surface area contributed by atoms with Gasteiger partial charge < -0.3 is 5.43 Å². The molecule has 0 aromatic carbocycles. The maximum Gasteiger partial charge on any atom is 0.163 e. The van der Waals surface area contributed by atoms with Crippen molar-refractivity contribution in [3.8, 4) is 0 Å². The van der Waals surface area contributed by atoms with Gasteiger partial charge in [-0.2, -0.15) is 0 Å². The predicted molar refractivity (Wildman–Crippen MR) is 47.7 cm³/mol. The molecule has 0 saturated carbocycles. The highest BCUT2D eigenvalue weighted by molar-refractivity contribution is 5.55. The molecule has 4 heteroatoms. The van der Waals surface area contributed by atoms with Crippen LogP contribution in [0.25, 0.3) is 5.52 Å². The number of pyridine rings is 1. The molecule has 0 radical (unpaired) electrons. The normalized spacial score (nSPS) is 10.5. The SMILES string of the molecule is Cc1cccc2cc(NN)nn12. The molecule has 0 fully saturated rings. The summed E-state index contributed by atoms with van der Waals surface area (Å²) in [7, 11) is 0. The zero-order valence-corrected chi connectivity index (χ0v) is 6.78. The maximum absolute atomic E-state index is 5.24. The van der Waals surface area contributed by atoms with Crippen molar-refractivity contribution in [2.24, 2.45) is 5.84 Å². The highest BCUT2D eigenvalue weighted by Gasteiger charge is 1.99. The molecule has 0 aliphatic rings. The van der Waals surface area contributed by atoms with Crippen molar-refractivity contribution in [2.45, 2.75) is 6.92 Å². The van der Waals surface area contributed by atoms with Gasteiger partial charge in [-0.05, 0) is 19.1 Å². The first-order valence-corrected chi connectivity index (χ1v) is 3.73. The zero-order chi connectivity index (χ0) is 8.55. The van der Waals surface area contributed by atoms with E-state index >= 15 is 0 Å². The van der Waals surface area contributed by atoms with E-state index in [9.17, 15) is 0 Å². The number of nitrogen functional groups attached to an aromatic ring is 1. The van der Waals surface area contributed by atoms with Gasteiger partial charge in [0, 0.05) is 11.8 Å². The monoisotopic (exact) mass is 162 g/mol. The van der Waals surface area contributed by atoms with Crippen molar-refractivity contribution < 1.29 is 0 Å². The number of fused-ring (bicyclic) bond motifs is 1. The molecule has 62 valence electrons. The summed E-state index contributed by atoms with van der Waals surface area (Å²) in [5.41, 5.74) is 4.65. The molecule has 0 amide bonds. The number of aryl methyl sites for hydroxylation is 1. The van der Waals surface area contributed by atoms with Crippen LogP contribution in [0.5, 0.6) is 0 Å². The third-order valence-corrected chi connectivity index (χ3v) is 1.82. The van der Waals surface area contributed by atoms with Gasteiger partial charge in [0.25, 0.3) is 0 Å². The summed E-state index contributed by atoms with van der Waals surface area (Å²) >= 11 is 0. The first kappa shape index (κ1) is 7.12. The molecule has 2 rings (SSSR count). The molecular formula is C8H10N4. The molecule has 0 atom stereocenters. The summed E-state index contributed by atoms with van der Waals surface area (Å²) in [6.07, 6.45) is 0. The average molecular weight is 162 g/mol. The number of hydrazine groups is 1. The molecule has 0 spiro atoms. The Morgan fingerprint density at radius 1 is 1.50 bits per heavy atom. The second-order valence-corrected chi connectivity index (χ2v) is 2.68. The number of hydrogen-bond donors (Lipinski definition) is 2. The van der Waals surface area contributed by atoms with Crippen LogP contribution in [0.15, 0.2) is 24.3 Å². The molecule has 2 aromatic heterocycles. The molecule has 2 heterocycles. The van der Waals surface area contributed by atoms with Crippen LogP contribution in [0.3, 0.4) is 0 Å². The second-order valence-electron chi connectivity index (χ2n) is 2.68. The van der Waals surface area contributed by atoms with Crippen LogP contribution in [0.1, 0.15) is 5.69 Å². The smallest absolute Gasteiger partial charge is 0.163 e. The van der Waals surface area contributed by atoms with Crippen LogP contribution in [-0.4, -0.2) is 9.61 Å². The molecule has 0 saturated heterocycles. The highest BCUT2D eigenvalue weighted by Crippen LogP contribution is 2.11. The Hall–Kier alpha value is -1.55. The summed E-state index contributed by atoms with van der Waals surface area (Å²) in [6, 6.07) is 7.88. The van der Waals surface area contributed by atoms with Crippen LogP contribution >= 0.6 is 0 Å². The van der Waals surface area contributed by atoms with Crippen molar-refractivity contribution >= 4 is 11.3 Å². The third kappa shape index (κ3) is 0.931. The fraction of sp³-hybridized carbons (Fsp3) is 0.125. The van der Waals surface area contributed by atoms with E-state index in [4.69, 9.17) is 5.84 Å². The Bertz CT molecular complexity index is 404. The zero-order valence-electron chi connectivity index (χ0n) is 6.78. The average Bonchev–Trinajstić information content (AvgIpc) is 2.49. The summed E-state index contributed by atoms with van der Waals surface area (Å²) < 4.78 is 1.84. The highest BCUT2D eigenvalue weighted by atomic mass is 15.3. The lowest BCUT2D eigenvalue weighted by Gasteiger charge is -1.95. The van der Waals surface area contributed by atoms with Crippen LogP contribution in [0, 0.1) is 6.92 Å². The van der Waals surface area contributed by atoms with E-state index in [2.05, 4.69) is 10.5 Å². The molecule has 4 nitrogen and oxygen atoms in total. The lowest BCUT2D eigenvalue weighted by molar-refractivity contribution is 0.914. The molecule has 0 aliphatic heterocycles. The summed E-state index contributed by atoms with van der Waals surface area (Å²) in [4.78, 5) is 0. The Labute approximate surface area is 70.0 Å². The quantitative estimate of drug-likeness (QED) is 0.484. The number of nitrogens with one attached hydrogen (secondary N) is 1. The summed E-state index contributed by atoms with van der Waals surface area (Å²) in [6.45, 7) is 2.00. The Kier molecular flexibility index (Phi) is 1.48. The minimum atomic E-state index is 0.685. The molecule has 12 heavy (non-hydrogen) atoms. The van der Waals surface area contributed by atoms with E-state index in [1.54, 1.807) is 0 Å². The number of nitrogens with two attached hydrogens (primary N) is 1. The van der Waals surface area contributed by atoms with Gasteiger partial charge in [-0.25, -0.2) is 10.4 Å². The van der Waals surface area contributed by atoms with Crippen molar-refractivity contribution in [1.82, 2.24) is 9.61 Å². The molecule has 0 bridgehead atoms. The fourth-order valence-electron chi connectivity index (χ4n) is 1.22. The van der Waals surface area contributed by atoms with Crippen molar-refractivity contribution in [1.29, 1.82) is 0 Å². The fourth-order valence-corrected chi connectivity index (χ4v) is 1.22. The molecule has 0 aliphatic carbocycles. The van der Waals surface area contributed by atoms with E-state index in [1.165, 1.54) is 0 Å². The number of hydrogen-bond acceptors (Lipinski definition) is 3. The van der Waals surface area contributed by atoms with Crippen molar-refractivity contribution in [2.75, 3.05) is 5.43 Å². The van der Waals surface area contributed by atoms with E-state index in [1.807, 2.05) is 35.7 Å². The third-order valence-electron chi connectivity index (χ3n) is 1.82. The first-order valence-electron chi connectivity index (χ1n) is 3.73. The molecule has 0 unspecified atom stereocenters. The van der Waals surface area contributed by atoms with Gasteiger partial charge in [-0.3, -0.25) is 0 Å². The number of anilines is 1. The summed E-state index contributed by atoms with van der Waals surface area (Å²) in [5.74, 6) is 5.92. The van der Waals surface area contributed by atoms with Gasteiger partial charge in [0.15, 0.2) is 5.82 Å². The van der Waals surface area contributed by atoms with Gasteiger partial charge in [0.1, 0.15) is 0 Å². The van der Waals surface area contributed by atoms with Gasteiger partial charge in [-0.1, -0.05) is 6.07 Å². The first-order chi connectivity index (χ1) is 5.81. The second kappa shape index (κ2) is 2.49. The predicted octanol–water partition coefficient (Wildman–Crippen LogP) is 0.928. The van der Waals surface area contributed by atoms with Gasteiger partial charge in [0.05, 0.1) is 5.52 Å². The van der Waals surface area contributed by atoms with Crippen molar-refractivity contribution in [3.05, 3.63) is 30.0 Å². The lowest BCUT2D eigenvalue weighted by Crippen LogP contribution is -2.07. The number of aromatic nitrogens is 2. The molecule has 3 N–H and O–H groups in total. The van der Waals surface area contributed by atoms with E-state index < -0.39 is 0 Å². The van der Waals surface area contributed by atoms with Crippen LogP contribution < -0.4 is 11.3 Å². The van der Waals surface area contributed by atoms with E-state index in [0.717, 1.165) is 11.2 Å². The van der Waals surface area contributed by atoms with Crippen LogP contribution in [0.2, 0.25) is 0 Å². The Morgan fingerprint density at radius 3 is 3.00 bits per heavy atom. The minimum Gasteiger partial charge on any atom is -0.307 e. The van der Waals surface area contributed by atoms with Crippen LogP contribution in [0.4, 0.5) is 5.82 Å². The van der Waals surface area contributed by atoms with E-state index in [0.29, 0.717) is 5.82 Å². The van der Waals surface area contributed by atoms with E-state index in [-0.39, 0.29) is 0 Å². The summed E-state index contributed by atoms with van der Waals surface area (Å²) in [5, 5.41) is 4.21. The van der Waals surface area contributed by atoms with Gasteiger partial charge in [-0.15, -0.1) is 5.10 Å². The molecular weight excluding hydrogens is 152 g/mol. The Morgan fingerprint density at radius 2 is 2.33 bits per heavy atom. The Balaban J connectivity index is 2.74. The topological polar surface area (TPSA) is 55.3 Å². The molecule has 2 aromatic rings. The maximum atomic E-state index is 5.24. The standard InChI is InChI=1S/C8H10N4/c1-6-3-2-4-7-5-8(10-9)11-12(6)7/h2-5H,9H2,1H3,(H,10,11). The van der Waals surface area contributed by atoms with Crippen LogP contribution in [-0.2, 0) is 0 Å². The number of nitrogens with zero attached hydrogens (tertiary/aromatic N) is 2. The van der Waals surface area contributed by atoms with Gasteiger partial charge >= 0.3 is 0 Å². The lowest BCUT2D eigenvalue weighted by atomic mass is 10.3. The van der Waals surface area contributed by atoms with Crippen molar-refractivity contribution in [3.63, 3.8) is 0 Å².